The van der Waals surface area contributed by atoms with Crippen LogP contribution in [0.1, 0.15) is 23.9 Å². The number of rotatable bonds is 19. The van der Waals surface area contributed by atoms with Crippen LogP contribution >= 0.6 is 83.6 Å². The second-order valence-electron chi connectivity index (χ2n) is 9.77. The summed E-state index contributed by atoms with van der Waals surface area (Å²) >= 11 is 3.34. The second-order valence-corrected chi connectivity index (χ2v) is 28.3. The number of hydrogen-bond donors (Lipinski definition) is 0. The summed E-state index contributed by atoms with van der Waals surface area (Å²) in [5.41, 5.74) is 1.95. The normalized spacial score (nSPS) is 15.5. The molecule has 2 atom stereocenters. The van der Waals surface area contributed by atoms with Gasteiger partial charge in [0, 0.05) is 54.2 Å². The van der Waals surface area contributed by atoms with Gasteiger partial charge in [-0.05, 0) is 77.4 Å². The Hall–Kier alpha value is 0.514. The van der Waals surface area contributed by atoms with E-state index in [4.69, 9.17) is 36.5 Å². The van der Waals surface area contributed by atoms with E-state index in [1.165, 1.54) is 0 Å². The van der Waals surface area contributed by atoms with Gasteiger partial charge in [0.15, 0.2) is 0 Å². The molecule has 0 saturated carbocycles. The predicted molar refractivity (Wildman–Crippen MR) is 203 cm³/mol. The zero-order chi connectivity index (χ0) is 31.8. The van der Waals surface area contributed by atoms with Crippen LogP contribution < -0.4 is 0 Å². The van der Waals surface area contributed by atoms with Crippen molar-refractivity contribution in [3.8, 4) is 0 Å². The average Bonchev–Trinajstić information content (AvgIpc) is 3.70. The fourth-order valence-corrected chi connectivity index (χ4v) is 27.1. The van der Waals surface area contributed by atoms with Gasteiger partial charge in [-0.3, -0.25) is 0 Å². The fraction of sp³-hybridized carbons (Fsp3) is 0.462. The molecular weight excluding hydrogens is 749 g/mol. The zero-order valence-electron chi connectivity index (χ0n) is 25.6. The van der Waals surface area contributed by atoms with E-state index in [0.717, 1.165) is 30.4 Å². The van der Waals surface area contributed by atoms with Gasteiger partial charge in [0.1, 0.15) is 10.0 Å². The van der Waals surface area contributed by atoms with E-state index in [9.17, 15) is 0 Å². The van der Waals surface area contributed by atoms with Crippen LogP contribution in [0.25, 0.3) is 20.4 Å². The molecule has 8 nitrogen and oxygen atoms in total. The van der Waals surface area contributed by atoms with Crippen LogP contribution in [0.3, 0.4) is 0 Å². The molecule has 0 amide bonds. The minimum atomic E-state index is -3.10. The molecule has 2 aromatic heterocycles. The molecule has 0 fully saturated rings. The van der Waals surface area contributed by atoms with Crippen molar-refractivity contribution >= 4 is 122 Å². The summed E-state index contributed by atoms with van der Waals surface area (Å²) in [6.45, 7) is 4.29. The topological polar surface area (TPSA) is 81.2 Å². The van der Waals surface area contributed by atoms with Gasteiger partial charge < -0.3 is 26.6 Å². The molecule has 242 valence electrons. The van der Waals surface area contributed by atoms with E-state index in [-0.39, 0.29) is 0 Å². The number of nitrogens with zero attached hydrogens (tertiary/aromatic N) is 2. The zero-order valence-corrected chi connectivity index (χ0v) is 34.2. The summed E-state index contributed by atoms with van der Waals surface area (Å²) in [5.74, 6) is 1.42. The fourth-order valence-electron chi connectivity index (χ4n) is 4.98. The lowest BCUT2D eigenvalue weighted by Gasteiger charge is -2.39. The smallest absolute Gasteiger partial charge is 0.376 e. The van der Waals surface area contributed by atoms with E-state index in [0.29, 0.717) is 11.5 Å². The molecule has 0 spiro atoms. The lowest BCUT2D eigenvalue weighted by molar-refractivity contribution is 0.0976. The van der Waals surface area contributed by atoms with Crippen LogP contribution in [0.15, 0.2) is 48.5 Å². The molecule has 2 heterocycles. The first-order valence-corrected chi connectivity index (χ1v) is 26.1. The van der Waals surface area contributed by atoms with Crippen LogP contribution in [0.5, 0.6) is 0 Å². The van der Waals surface area contributed by atoms with Gasteiger partial charge in [0.2, 0.25) is 0 Å². The van der Waals surface area contributed by atoms with E-state index in [2.05, 4.69) is 26.0 Å². The Morgan fingerprint density at radius 2 is 0.909 bits per heavy atom. The van der Waals surface area contributed by atoms with Gasteiger partial charge in [-0.1, -0.05) is 45.9 Å². The SMILES string of the molecule is CO[Si](OC)(OC)C(C)(CSSSSSSCC(C)(c1nc2ccccc2s1)[Si](OC)(OC)OC)c1nc2ccccc2s1. The Bertz CT molecular complexity index is 1300. The number of thiazole rings is 2. The highest BCUT2D eigenvalue weighted by Crippen LogP contribution is 2.56. The van der Waals surface area contributed by atoms with Gasteiger partial charge in [0.25, 0.3) is 0 Å². The summed E-state index contributed by atoms with van der Waals surface area (Å²) in [6.07, 6.45) is 0. The quantitative estimate of drug-likeness (QED) is 0.0516. The molecule has 44 heavy (non-hydrogen) atoms. The highest BCUT2D eigenvalue weighted by Gasteiger charge is 2.61. The second kappa shape index (κ2) is 16.8. The maximum Gasteiger partial charge on any atom is 0.514 e. The van der Waals surface area contributed by atoms with E-state index < -0.39 is 27.7 Å². The van der Waals surface area contributed by atoms with Crippen molar-refractivity contribution in [2.45, 2.75) is 23.9 Å². The van der Waals surface area contributed by atoms with Crippen LogP contribution in [0, 0.1) is 0 Å². The molecular formula is C26H36N2O6S8Si2. The molecule has 0 bridgehead atoms. The van der Waals surface area contributed by atoms with Gasteiger partial charge in [-0.15, -0.1) is 22.7 Å². The summed E-state index contributed by atoms with van der Waals surface area (Å²) in [4.78, 5) is 9.95. The Balaban J connectivity index is 1.38. The maximum atomic E-state index is 5.99. The van der Waals surface area contributed by atoms with Crippen molar-refractivity contribution in [1.29, 1.82) is 0 Å². The monoisotopic (exact) mass is 784 g/mol. The number of benzene rings is 2. The summed E-state index contributed by atoms with van der Waals surface area (Å²) < 4.78 is 38.2. The van der Waals surface area contributed by atoms with E-state index >= 15 is 0 Å². The van der Waals surface area contributed by atoms with Gasteiger partial charge in [-0.2, -0.15) is 0 Å². The largest absolute Gasteiger partial charge is 0.514 e. The van der Waals surface area contributed by atoms with Crippen LogP contribution in [0.4, 0.5) is 0 Å². The lowest BCUT2D eigenvalue weighted by Crippen LogP contribution is -2.61. The average molecular weight is 785 g/mol. The Labute approximate surface area is 292 Å². The van der Waals surface area contributed by atoms with Crippen LogP contribution in [-0.2, 0) is 36.6 Å². The van der Waals surface area contributed by atoms with Gasteiger partial charge in [-0.25, -0.2) is 9.97 Å². The third-order valence-corrected chi connectivity index (χ3v) is 28.9. The predicted octanol–water partition coefficient (Wildman–Crippen LogP) is 8.93. The third-order valence-electron chi connectivity index (χ3n) is 7.37. The minimum Gasteiger partial charge on any atom is -0.376 e. The molecule has 0 aliphatic rings. The molecule has 0 saturated heterocycles. The summed E-state index contributed by atoms with van der Waals surface area (Å²) in [5, 5.41) is 0.853. The van der Waals surface area contributed by atoms with Crippen molar-refractivity contribution in [3.05, 3.63) is 58.5 Å². The standard InChI is InChI=1S/C26H36N2O6S8Si2/c1-25(43(29-3,30-4)31-5,23-27-19-13-9-11-15-21(19)37-23)17-35-39-41-42-40-36-18-26(2,44(32-6,33-7)34-8)24-28-20-14-10-12-16-22(20)38-24/h9-16H,17-18H2,1-8H3. The van der Waals surface area contributed by atoms with Crippen LogP contribution in [0.2, 0.25) is 0 Å². The number of hydrogen-bond acceptors (Lipinski definition) is 16. The lowest BCUT2D eigenvalue weighted by atomic mass is 10.2. The van der Waals surface area contributed by atoms with Crippen molar-refractivity contribution in [2.24, 2.45) is 0 Å². The Morgan fingerprint density at radius 3 is 1.23 bits per heavy atom. The van der Waals surface area contributed by atoms with Crippen LogP contribution in [-0.4, -0.2) is 81.7 Å². The van der Waals surface area contributed by atoms with Crippen molar-refractivity contribution in [1.82, 2.24) is 9.97 Å². The van der Waals surface area contributed by atoms with Gasteiger partial charge >= 0.3 is 17.6 Å². The number of fused-ring (bicyclic) bond motifs is 2. The molecule has 4 aromatic rings. The first-order valence-electron chi connectivity index (χ1n) is 13.2. The number of para-hydroxylation sites is 2. The number of aromatic nitrogens is 2. The first kappa shape index (κ1) is 37.3. The maximum absolute atomic E-state index is 5.99. The van der Waals surface area contributed by atoms with Crippen molar-refractivity contribution < 1.29 is 26.6 Å². The van der Waals surface area contributed by atoms with E-state index in [1.54, 1.807) is 126 Å². The molecule has 4 rings (SSSR count). The van der Waals surface area contributed by atoms with Crippen molar-refractivity contribution in [3.63, 3.8) is 0 Å². The highest BCUT2D eigenvalue weighted by molar-refractivity contribution is 9.41. The third kappa shape index (κ3) is 7.40. The van der Waals surface area contributed by atoms with E-state index in [1.807, 2.05) is 36.4 Å². The molecule has 0 radical (unpaired) electrons. The molecule has 0 aliphatic heterocycles. The molecule has 0 N–H and O–H groups in total. The molecule has 18 heteroatoms. The molecule has 0 aliphatic carbocycles. The Kier molecular flexibility index (Phi) is 14.2. The molecule has 2 aromatic carbocycles. The summed E-state index contributed by atoms with van der Waals surface area (Å²) in [7, 11) is 14.2. The Morgan fingerprint density at radius 1 is 0.568 bits per heavy atom. The summed E-state index contributed by atoms with van der Waals surface area (Å²) in [6, 6.07) is 16.3. The minimum absolute atomic E-state index is 0.535. The molecule has 2 unspecified atom stereocenters. The highest BCUT2D eigenvalue weighted by atomic mass is 33.9. The van der Waals surface area contributed by atoms with Crippen molar-refractivity contribution in [2.75, 3.05) is 54.2 Å². The first-order chi connectivity index (χ1) is 21.2. The van der Waals surface area contributed by atoms with Gasteiger partial charge in [0.05, 0.1) is 30.5 Å².